The third-order valence-corrected chi connectivity index (χ3v) is 4.00. The van der Waals surface area contributed by atoms with E-state index in [1.165, 1.54) is 37.1 Å². The van der Waals surface area contributed by atoms with Gasteiger partial charge in [-0.25, -0.2) is 0 Å². The Labute approximate surface area is 91.3 Å². The van der Waals surface area contributed by atoms with Crippen LogP contribution in [-0.2, 0) is 5.54 Å². The fraction of sp³-hybridized carbons (Fsp3) is 0.615. The zero-order chi connectivity index (χ0) is 10.5. The van der Waals surface area contributed by atoms with Crippen LogP contribution in [0.3, 0.4) is 0 Å². The summed E-state index contributed by atoms with van der Waals surface area (Å²) in [6.45, 7) is 5.85. The molecule has 15 heavy (non-hydrogen) atoms. The van der Waals surface area contributed by atoms with Gasteiger partial charge in [-0.15, -0.1) is 0 Å². The lowest BCUT2D eigenvalue weighted by Gasteiger charge is -2.38. The van der Waals surface area contributed by atoms with Crippen molar-refractivity contribution in [2.45, 2.75) is 44.7 Å². The van der Waals surface area contributed by atoms with Gasteiger partial charge in [0.15, 0.2) is 0 Å². The third kappa shape index (κ3) is 1.18. The van der Waals surface area contributed by atoms with Crippen LogP contribution in [0.1, 0.15) is 50.4 Å². The predicted molar refractivity (Wildman–Crippen MR) is 60.6 cm³/mol. The number of hydrogen-bond acceptors (Lipinski definition) is 2. The van der Waals surface area contributed by atoms with Gasteiger partial charge in [-0.05, 0) is 44.9 Å². The Morgan fingerprint density at radius 1 is 1.40 bits per heavy atom. The minimum absolute atomic E-state index is 0.141. The lowest BCUT2D eigenvalue weighted by atomic mass is 9.99. The highest BCUT2D eigenvalue weighted by Crippen LogP contribution is 2.48. The van der Waals surface area contributed by atoms with E-state index < -0.39 is 0 Å². The van der Waals surface area contributed by atoms with Crippen LogP contribution in [0.5, 0.6) is 0 Å². The van der Waals surface area contributed by atoms with Gasteiger partial charge in [-0.2, -0.15) is 0 Å². The van der Waals surface area contributed by atoms with Gasteiger partial charge in [-0.3, -0.25) is 9.88 Å². The van der Waals surface area contributed by atoms with Crippen molar-refractivity contribution in [3.05, 3.63) is 29.6 Å². The number of rotatable bonds is 0. The van der Waals surface area contributed by atoms with E-state index in [2.05, 4.69) is 35.9 Å². The van der Waals surface area contributed by atoms with E-state index >= 15 is 0 Å². The molecular formula is C13H18N2. The summed E-state index contributed by atoms with van der Waals surface area (Å²) in [6, 6.07) is 4.98. The van der Waals surface area contributed by atoms with E-state index in [1.54, 1.807) is 0 Å². The highest BCUT2D eigenvalue weighted by Gasteiger charge is 2.45. The monoisotopic (exact) mass is 202 g/mol. The van der Waals surface area contributed by atoms with Crippen molar-refractivity contribution in [3.8, 4) is 0 Å². The molecule has 0 saturated carbocycles. The van der Waals surface area contributed by atoms with Crippen LogP contribution in [0.2, 0.25) is 0 Å². The molecule has 0 aromatic carbocycles. The van der Waals surface area contributed by atoms with E-state index in [1.807, 2.05) is 6.20 Å². The number of piperidine rings is 1. The summed E-state index contributed by atoms with van der Waals surface area (Å²) in [6.07, 6.45) is 5.95. The fourth-order valence-corrected chi connectivity index (χ4v) is 3.26. The van der Waals surface area contributed by atoms with Crippen molar-refractivity contribution in [1.82, 2.24) is 9.88 Å². The normalized spacial score (nSPS) is 28.5. The molecule has 3 rings (SSSR count). The molecule has 1 atom stereocenters. The van der Waals surface area contributed by atoms with Crippen molar-refractivity contribution in [2.75, 3.05) is 6.54 Å². The summed E-state index contributed by atoms with van der Waals surface area (Å²) >= 11 is 0. The van der Waals surface area contributed by atoms with Gasteiger partial charge in [-0.1, -0.05) is 12.5 Å². The molecular weight excluding hydrogens is 184 g/mol. The summed E-state index contributed by atoms with van der Waals surface area (Å²) in [5.41, 5.74) is 2.92. The van der Waals surface area contributed by atoms with E-state index in [0.717, 1.165) is 0 Å². The standard InChI is InChI=1S/C13H18N2/c1-13(2)12-10(6-5-8-14-12)11-7-3-4-9-15(11)13/h5-6,8,11H,3-4,7,9H2,1-2H3/t11-/m0/s1. The van der Waals surface area contributed by atoms with Crippen LogP contribution in [-0.4, -0.2) is 16.4 Å². The molecule has 2 aliphatic heterocycles. The van der Waals surface area contributed by atoms with Crippen LogP contribution in [0.4, 0.5) is 0 Å². The average Bonchev–Trinajstić information content (AvgIpc) is 2.51. The minimum atomic E-state index is 0.141. The Balaban J connectivity index is 2.13. The van der Waals surface area contributed by atoms with Crippen LogP contribution in [0.15, 0.2) is 18.3 Å². The van der Waals surface area contributed by atoms with E-state index in [-0.39, 0.29) is 5.54 Å². The summed E-state index contributed by atoms with van der Waals surface area (Å²) in [5, 5.41) is 0. The summed E-state index contributed by atoms with van der Waals surface area (Å²) in [7, 11) is 0. The maximum Gasteiger partial charge on any atom is 0.0649 e. The van der Waals surface area contributed by atoms with Gasteiger partial charge < -0.3 is 0 Å². The van der Waals surface area contributed by atoms with Crippen LogP contribution >= 0.6 is 0 Å². The first-order valence-corrected chi connectivity index (χ1v) is 5.93. The molecule has 2 aliphatic rings. The lowest BCUT2D eigenvalue weighted by Crippen LogP contribution is -2.40. The van der Waals surface area contributed by atoms with Gasteiger partial charge >= 0.3 is 0 Å². The van der Waals surface area contributed by atoms with Crippen molar-refractivity contribution in [1.29, 1.82) is 0 Å². The highest BCUT2D eigenvalue weighted by molar-refractivity contribution is 5.35. The second-order valence-corrected chi connectivity index (χ2v) is 5.21. The number of hydrogen-bond donors (Lipinski definition) is 0. The van der Waals surface area contributed by atoms with E-state index in [9.17, 15) is 0 Å². The Hall–Kier alpha value is -0.890. The van der Waals surface area contributed by atoms with E-state index in [4.69, 9.17) is 0 Å². The molecule has 1 aromatic rings. The Bertz CT molecular complexity index is 384. The van der Waals surface area contributed by atoms with Gasteiger partial charge in [0.25, 0.3) is 0 Å². The average molecular weight is 202 g/mol. The van der Waals surface area contributed by atoms with Crippen LogP contribution < -0.4 is 0 Å². The molecule has 1 fully saturated rings. The van der Waals surface area contributed by atoms with Gasteiger partial charge in [0.1, 0.15) is 0 Å². The summed E-state index contributed by atoms with van der Waals surface area (Å²) in [4.78, 5) is 7.23. The first-order valence-electron chi connectivity index (χ1n) is 5.93. The lowest BCUT2D eigenvalue weighted by molar-refractivity contribution is 0.0620. The van der Waals surface area contributed by atoms with Crippen molar-refractivity contribution < 1.29 is 0 Å². The molecule has 1 aromatic heterocycles. The van der Waals surface area contributed by atoms with Crippen molar-refractivity contribution in [3.63, 3.8) is 0 Å². The zero-order valence-electron chi connectivity index (χ0n) is 9.53. The number of pyridine rings is 1. The number of aromatic nitrogens is 1. The molecule has 0 radical (unpaired) electrons. The SMILES string of the molecule is CC1(C)c2ncccc2[C@@H]2CCCCN21. The van der Waals surface area contributed by atoms with Crippen LogP contribution in [0.25, 0.3) is 0 Å². The number of nitrogens with zero attached hydrogens (tertiary/aromatic N) is 2. The summed E-state index contributed by atoms with van der Waals surface area (Å²) in [5.74, 6) is 0. The molecule has 0 aliphatic carbocycles. The Morgan fingerprint density at radius 3 is 3.13 bits per heavy atom. The molecule has 0 unspecified atom stereocenters. The first kappa shape index (κ1) is 9.34. The minimum Gasteiger partial charge on any atom is -0.286 e. The maximum absolute atomic E-state index is 4.59. The molecule has 2 nitrogen and oxygen atoms in total. The highest BCUT2D eigenvalue weighted by atomic mass is 15.3. The van der Waals surface area contributed by atoms with Gasteiger partial charge in [0.2, 0.25) is 0 Å². The Kier molecular flexibility index (Phi) is 1.90. The maximum atomic E-state index is 4.59. The van der Waals surface area contributed by atoms with Crippen molar-refractivity contribution >= 4 is 0 Å². The topological polar surface area (TPSA) is 16.1 Å². The summed E-state index contributed by atoms with van der Waals surface area (Å²) < 4.78 is 0. The molecule has 0 amide bonds. The quantitative estimate of drug-likeness (QED) is 0.643. The van der Waals surface area contributed by atoms with Gasteiger partial charge in [0, 0.05) is 12.2 Å². The van der Waals surface area contributed by atoms with Crippen LogP contribution in [0, 0.1) is 0 Å². The second kappa shape index (κ2) is 3.05. The predicted octanol–water partition coefficient (Wildman–Crippen LogP) is 2.86. The first-order chi connectivity index (χ1) is 7.21. The molecule has 2 heteroatoms. The van der Waals surface area contributed by atoms with Crippen molar-refractivity contribution in [2.24, 2.45) is 0 Å². The Morgan fingerprint density at radius 2 is 2.27 bits per heavy atom. The molecule has 0 N–H and O–H groups in total. The zero-order valence-corrected chi connectivity index (χ0v) is 9.53. The second-order valence-electron chi connectivity index (χ2n) is 5.21. The molecule has 80 valence electrons. The third-order valence-electron chi connectivity index (χ3n) is 4.00. The van der Waals surface area contributed by atoms with Gasteiger partial charge in [0.05, 0.1) is 11.2 Å². The molecule has 0 bridgehead atoms. The molecule has 1 saturated heterocycles. The largest absolute Gasteiger partial charge is 0.286 e. The molecule has 0 spiro atoms. The molecule has 3 heterocycles. The number of fused-ring (bicyclic) bond motifs is 3. The fourth-order valence-electron chi connectivity index (χ4n) is 3.26. The smallest absolute Gasteiger partial charge is 0.0649 e. The van der Waals surface area contributed by atoms with E-state index in [0.29, 0.717) is 6.04 Å².